The Balaban J connectivity index is 2.49. The number of aryl methyl sites for hydroxylation is 1. The molecular formula is C13H13NO4S2. The second kappa shape index (κ2) is 5.64. The Hall–Kier alpha value is -1.86. The second-order valence-corrected chi connectivity index (χ2v) is 7.48. The fraction of sp³-hybridized carbons (Fsp3) is 0.154. The van der Waals surface area contributed by atoms with E-state index >= 15 is 0 Å². The minimum Gasteiger partial charge on any atom is -0.480 e. The van der Waals surface area contributed by atoms with Gasteiger partial charge in [0.1, 0.15) is 10.8 Å². The largest absolute Gasteiger partial charge is 0.480 e. The van der Waals surface area contributed by atoms with Crippen molar-refractivity contribution in [3.63, 3.8) is 0 Å². The molecule has 0 atom stereocenters. The maximum atomic E-state index is 12.6. The molecule has 0 amide bonds. The molecule has 1 aromatic heterocycles. The normalized spacial score (nSPS) is 11.2. The molecule has 7 heteroatoms. The number of hydrogen-bond donors (Lipinski definition) is 1. The monoisotopic (exact) mass is 311 g/mol. The highest BCUT2D eigenvalue weighted by molar-refractivity contribution is 7.94. The number of carbonyl (C=O) groups is 1. The summed E-state index contributed by atoms with van der Waals surface area (Å²) in [7, 11) is -3.86. The van der Waals surface area contributed by atoms with Gasteiger partial charge in [0, 0.05) is 4.88 Å². The van der Waals surface area contributed by atoms with Gasteiger partial charge in [-0.2, -0.15) is 0 Å². The third-order valence-electron chi connectivity index (χ3n) is 2.58. The number of thiophene rings is 1. The van der Waals surface area contributed by atoms with Gasteiger partial charge in [-0.1, -0.05) is 18.2 Å². The topological polar surface area (TPSA) is 74.7 Å². The van der Waals surface area contributed by atoms with Crippen molar-refractivity contribution >= 4 is 33.0 Å². The highest BCUT2D eigenvalue weighted by Crippen LogP contribution is 2.28. The van der Waals surface area contributed by atoms with Gasteiger partial charge in [0.25, 0.3) is 10.0 Å². The molecule has 2 rings (SSSR count). The van der Waals surface area contributed by atoms with Crippen LogP contribution in [0.25, 0.3) is 0 Å². The Bertz CT molecular complexity index is 707. The van der Waals surface area contributed by atoms with E-state index in [-0.39, 0.29) is 4.21 Å². The number of carboxylic acids is 1. The molecule has 0 fully saturated rings. The number of hydrogen-bond acceptors (Lipinski definition) is 4. The van der Waals surface area contributed by atoms with Gasteiger partial charge in [-0.25, -0.2) is 8.42 Å². The molecule has 5 nitrogen and oxygen atoms in total. The van der Waals surface area contributed by atoms with Crippen molar-refractivity contribution in [3.05, 3.63) is 47.3 Å². The van der Waals surface area contributed by atoms with Crippen LogP contribution in [0, 0.1) is 6.92 Å². The first-order valence-corrected chi connectivity index (χ1v) is 8.03. The van der Waals surface area contributed by atoms with Gasteiger partial charge in [0.15, 0.2) is 0 Å². The lowest BCUT2D eigenvalue weighted by atomic mass is 10.3. The van der Waals surface area contributed by atoms with Crippen LogP contribution in [0.4, 0.5) is 5.69 Å². The maximum absolute atomic E-state index is 12.6. The SMILES string of the molecule is Cc1ccc(S(=O)(=O)N(CC(=O)O)c2ccccc2)s1. The van der Waals surface area contributed by atoms with Crippen LogP contribution in [0.1, 0.15) is 4.88 Å². The number of rotatable bonds is 5. The van der Waals surface area contributed by atoms with Crippen LogP contribution >= 0.6 is 11.3 Å². The van der Waals surface area contributed by atoms with Gasteiger partial charge >= 0.3 is 5.97 Å². The first-order chi connectivity index (χ1) is 9.41. The first kappa shape index (κ1) is 14.5. The van der Waals surface area contributed by atoms with Gasteiger partial charge in [-0.3, -0.25) is 9.10 Å². The highest BCUT2D eigenvalue weighted by atomic mass is 32.2. The van der Waals surface area contributed by atoms with Crippen molar-refractivity contribution in [1.29, 1.82) is 0 Å². The third kappa shape index (κ3) is 3.00. The van der Waals surface area contributed by atoms with Gasteiger partial charge < -0.3 is 5.11 Å². The Labute approximate surface area is 121 Å². The van der Waals surface area contributed by atoms with E-state index in [1.807, 2.05) is 0 Å². The molecule has 2 aromatic rings. The lowest BCUT2D eigenvalue weighted by Crippen LogP contribution is -2.35. The predicted octanol–water partition coefficient (Wildman–Crippen LogP) is 2.34. The quantitative estimate of drug-likeness (QED) is 0.919. The zero-order chi connectivity index (χ0) is 14.8. The van der Waals surface area contributed by atoms with E-state index in [9.17, 15) is 13.2 Å². The van der Waals surface area contributed by atoms with Crippen molar-refractivity contribution in [2.45, 2.75) is 11.1 Å². The zero-order valence-corrected chi connectivity index (χ0v) is 12.3. The Kier molecular flexibility index (Phi) is 4.10. The molecule has 106 valence electrons. The van der Waals surface area contributed by atoms with Crippen LogP contribution in [0.3, 0.4) is 0 Å². The molecule has 0 aliphatic rings. The molecule has 0 radical (unpaired) electrons. The minimum atomic E-state index is -3.86. The van der Waals surface area contributed by atoms with Crippen LogP contribution in [0.5, 0.6) is 0 Å². The lowest BCUT2D eigenvalue weighted by Gasteiger charge is -2.21. The van der Waals surface area contributed by atoms with Crippen molar-refractivity contribution in [2.24, 2.45) is 0 Å². The number of para-hydroxylation sites is 1. The fourth-order valence-corrected chi connectivity index (χ4v) is 4.50. The van der Waals surface area contributed by atoms with Crippen LogP contribution in [-0.2, 0) is 14.8 Å². The molecule has 1 aromatic carbocycles. The van der Waals surface area contributed by atoms with Gasteiger partial charge in [-0.05, 0) is 31.2 Å². The van der Waals surface area contributed by atoms with Crippen LogP contribution in [0.2, 0.25) is 0 Å². The summed E-state index contributed by atoms with van der Waals surface area (Å²) in [5.41, 5.74) is 0.334. The number of sulfonamides is 1. The van der Waals surface area contributed by atoms with E-state index in [1.165, 1.54) is 6.07 Å². The first-order valence-electron chi connectivity index (χ1n) is 5.77. The number of benzene rings is 1. The molecule has 0 saturated carbocycles. The average molecular weight is 311 g/mol. The zero-order valence-electron chi connectivity index (χ0n) is 10.7. The van der Waals surface area contributed by atoms with Crippen molar-refractivity contribution in [3.8, 4) is 0 Å². The van der Waals surface area contributed by atoms with Crippen LogP contribution < -0.4 is 4.31 Å². The summed E-state index contributed by atoms with van der Waals surface area (Å²) in [5, 5.41) is 8.96. The van der Waals surface area contributed by atoms with Crippen LogP contribution in [0.15, 0.2) is 46.7 Å². The highest BCUT2D eigenvalue weighted by Gasteiger charge is 2.28. The Morgan fingerprint density at radius 2 is 1.85 bits per heavy atom. The average Bonchev–Trinajstić information content (AvgIpc) is 2.84. The summed E-state index contributed by atoms with van der Waals surface area (Å²) < 4.78 is 26.2. The van der Waals surface area contributed by atoms with Gasteiger partial charge in [0.2, 0.25) is 0 Å². The molecule has 20 heavy (non-hydrogen) atoms. The molecule has 0 saturated heterocycles. The summed E-state index contributed by atoms with van der Waals surface area (Å²) in [5.74, 6) is -1.20. The molecule has 0 unspecified atom stereocenters. The smallest absolute Gasteiger partial charge is 0.324 e. The summed E-state index contributed by atoms with van der Waals surface area (Å²) in [6.45, 7) is 1.19. The van der Waals surface area contributed by atoms with E-state index in [4.69, 9.17) is 5.11 Å². The van der Waals surface area contributed by atoms with E-state index in [0.717, 1.165) is 20.5 Å². The number of aliphatic carboxylic acids is 1. The summed E-state index contributed by atoms with van der Waals surface area (Å²) in [6, 6.07) is 11.4. The molecule has 1 N–H and O–H groups in total. The standard InChI is InChI=1S/C13H13NO4S2/c1-10-7-8-13(19-10)20(17,18)14(9-12(15)16)11-5-3-2-4-6-11/h2-8H,9H2,1H3,(H,15,16). The molecule has 0 spiro atoms. The minimum absolute atomic E-state index is 0.139. The van der Waals surface area contributed by atoms with Crippen molar-refractivity contribution in [1.82, 2.24) is 0 Å². The predicted molar refractivity (Wildman–Crippen MR) is 77.7 cm³/mol. The van der Waals surface area contributed by atoms with Crippen molar-refractivity contribution < 1.29 is 18.3 Å². The second-order valence-electron chi connectivity index (χ2n) is 4.11. The summed E-state index contributed by atoms with van der Waals surface area (Å²) in [6.07, 6.45) is 0. The molecule has 0 aliphatic carbocycles. The molecule has 1 heterocycles. The van der Waals surface area contributed by atoms with Gasteiger partial charge in [0.05, 0.1) is 5.69 Å². The summed E-state index contributed by atoms with van der Waals surface area (Å²) >= 11 is 1.12. The maximum Gasteiger partial charge on any atom is 0.324 e. The fourth-order valence-electron chi connectivity index (χ4n) is 1.69. The number of nitrogens with zero attached hydrogens (tertiary/aromatic N) is 1. The number of anilines is 1. The third-order valence-corrected chi connectivity index (χ3v) is 5.83. The summed E-state index contributed by atoms with van der Waals surface area (Å²) in [4.78, 5) is 11.8. The van der Waals surface area contributed by atoms with E-state index in [1.54, 1.807) is 43.3 Å². The lowest BCUT2D eigenvalue weighted by molar-refractivity contribution is -0.135. The number of carboxylic acid groups (broad SMARTS) is 1. The van der Waals surface area contributed by atoms with E-state index in [0.29, 0.717) is 5.69 Å². The van der Waals surface area contributed by atoms with E-state index < -0.39 is 22.5 Å². The van der Waals surface area contributed by atoms with Gasteiger partial charge in [-0.15, -0.1) is 11.3 Å². The molecular weight excluding hydrogens is 298 g/mol. The Morgan fingerprint density at radius 3 is 2.35 bits per heavy atom. The molecule has 0 aliphatic heterocycles. The van der Waals surface area contributed by atoms with E-state index in [2.05, 4.69) is 0 Å². The molecule has 0 bridgehead atoms. The Morgan fingerprint density at radius 1 is 1.20 bits per heavy atom. The van der Waals surface area contributed by atoms with Crippen LogP contribution in [-0.4, -0.2) is 26.0 Å². The van der Waals surface area contributed by atoms with Crippen molar-refractivity contribution in [2.75, 3.05) is 10.8 Å².